The smallest absolute Gasteiger partial charge is 0.268 e. The van der Waals surface area contributed by atoms with Crippen molar-refractivity contribution in [1.82, 2.24) is 4.90 Å². The Bertz CT molecular complexity index is 313. The first kappa shape index (κ1) is 12.7. The molecule has 15 heavy (non-hydrogen) atoms. The molecule has 0 aromatic heterocycles. The fourth-order valence-corrected chi connectivity index (χ4v) is 2.63. The number of hydrogen-bond donors (Lipinski definition) is 1. The summed E-state index contributed by atoms with van der Waals surface area (Å²) in [5.74, 6) is -0.152. The van der Waals surface area contributed by atoms with Gasteiger partial charge in [-0.2, -0.15) is 0 Å². The minimum Gasteiger partial charge on any atom is -0.376 e. The highest BCUT2D eigenvalue weighted by Gasteiger charge is 2.32. The summed E-state index contributed by atoms with van der Waals surface area (Å²) < 4.78 is 0.452. The van der Waals surface area contributed by atoms with Crippen molar-refractivity contribution in [3.05, 3.63) is 10.5 Å². The number of thiocarbonyl (C=S) groups is 1. The zero-order valence-corrected chi connectivity index (χ0v) is 10.6. The van der Waals surface area contributed by atoms with Gasteiger partial charge in [-0.15, -0.1) is 0 Å². The quantitative estimate of drug-likeness (QED) is 0.609. The maximum absolute atomic E-state index is 11.8. The van der Waals surface area contributed by atoms with E-state index in [2.05, 4.69) is 6.92 Å². The number of allylic oxidation sites excluding steroid dienone is 1. The van der Waals surface area contributed by atoms with Crippen LogP contribution in [0.25, 0.3) is 0 Å². The molecule has 0 aromatic rings. The molecule has 1 aliphatic rings. The van der Waals surface area contributed by atoms with Crippen LogP contribution in [0.4, 0.5) is 0 Å². The zero-order chi connectivity index (χ0) is 11.4. The van der Waals surface area contributed by atoms with Gasteiger partial charge in [-0.25, -0.2) is 0 Å². The number of rotatable bonds is 4. The molecule has 3 nitrogen and oxygen atoms in total. The van der Waals surface area contributed by atoms with Crippen molar-refractivity contribution in [2.45, 2.75) is 33.1 Å². The van der Waals surface area contributed by atoms with Crippen LogP contribution in [0.5, 0.6) is 0 Å². The summed E-state index contributed by atoms with van der Waals surface area (Å²) in [6.45, 7) is 3.75. The molecule has 0 saturated carbocycles. The summed E-state index contributed by atoms with van der Waals surface area (Å²) in [5, 5.41) is 8.96. The van der Waals surface area contributed by atoms with Crippen molar-refractivity contribution >= 4 is 34.2 Å². The maximum Gasteiger partial charge on any atom is 0.268 e. The van der Waals surface area contributed by atoms with Crippen LogP contribution >= 0.6 is 24.0 Å². The second kappa shape index (κ2) is 5.63. The molecular formula is C10H15NO2S2. The molecule has 0 radical (unpaired) electrons. The molecule has 1 saturated heterocycles. The lowest BCUT2D eigenvalue weighted by molar-refractivity contribution is -0.124. The predicted octanol–water partition coefficient (Wildman–Crippen LogP) is 2.26. The summed E-state index contributed by atoms with van der Waals surface area (Å²) >= 11 is 6.29. The number of carbonyl (C=O) groups is 1. The molecule has 1 rings (SSSR count). The minimum absolute atomic E-state index is 0.152. The van der Waals surface area contributed by atoms with Crippen LogP contribution in [0.15, 0.2) is 10.5 Å². The van der Waals surface area contributed by atoms with E-state index >= 15 is 0 Å². The molecule has 0 unspecified atom stereocenters. The van der Waals surface area contributed by atoms with E-state index in [-0.39, 0.29) is 12.6 Å². The van der Waals surface area contributed by atoms with Gasteiger partial charge in [-0.05, 0) is 19.8 Å². The number of thioether (sulfide) groups is 1. The van der Waals surface area contributed by atoms with Crippen LogP contribution in [-0.4, -0.2) is 27.0 Å². The van der Waals surface area contributed by atoms with Crippen LogP contribution in [0.3, 0.4) is 0 Å². The van der Waals surface area contributed by atoms with Crippen molar-refractivity contribution in [1.29, 1.82) is 0 Å². The van der Waals surface area contributed by atoms with E-state index in [4.69, 9.17) is 17.3 Å². The third kappa shape index (κ3) is 2.80. The molecular weight excluding hydrogens is 230 g/mol. The molecule has 1 N–H and O–H groups in total. The Hall–Kier alpha value is -0.390. The third-order valence-electron chi connectivity index (χ3n) is 2.28. The van der Waals surface area contributed by atoms with Crippen molar-refractivity contribution in [2.24, 2.45) is 0 Å². The molecule has 1 aliphatic heterocycles. The molecule has 0 aromatic carbocycles. The number of unbranched alkanes of at least 4 members (excludes halogenated alkanes) is 1. The second-order valence-electron chi connectivity index (χ2n) is 3.46. The molecule has 1 amide bonds. The minimum atomic E-state index is -0.324. The van der Waals surface area contributed by atoms with E-state index in [0.29, 0.717) is 9.23 Å². The van der Waals surface area contributed by atoms with Crippen LogP contribution in [0, 0.1) is 0 Å². The average molecular weight is 245 g/mol. The Morgan fingerprint density at radius 2 is 2.27 bits per heavy atom. The van der Waals surface area contributed by atoms with Gasteiger partial charge in [0, 0.05) is 0 Å². The molecule has 0 aliphatic carbocycles. The van der Waals surface area contributed by atoms with Gasteiger partial charge in [-0.3, -0.25) is 9.69 Å². The van der Waals surface area contributed by atoms with Crippen LogP contribution in [0.2, 0.25) is 0 Å². The lowest BCUT2D eigenvalue weighted by Gasteiger charge is -2.09. The third-order valence-corrected chi connectivity index (χ3v) is 3.88. The fraction of sp³-hybridized carbons (Fsp3) is 0.600. The lowest BCUT2D eigenvalue weighted by atomic mass is 10.1. The predicted molar refractivity (Wildman–Crippen MR) is 66.3 cm³/mol. The van der Waals surface area contributed by atoms with E-state index in [1.165, 1.54) is 16.7 Å². The molecule has 84 valence electrons. The number of hydrogen-bond acceptors (Lipinski definition) is 4. The van der Waals surface area contributed by atoms with Gasteiger partial charge in [0.15, 0.2) is 0 Å². The van der Waals surface area contributed by atoms with Gasteiger partial charge in [0.25, 0.3) is 5.91 Å². The van der Waals surface area contributed by atoms with Crippen LogP contribution in [0.1, 0.15) is 33.1 Å². The highest BCUT2D eigenvalue weighted by molar-refractivity contribution is 8.26. The zero-order valence-electron chi connectivity index (χ0n) is 8.95. The average Bonchev–Trinajstić information content (AvgIpc) is 2.50. The summed E-state index contributed by atoms with van der Waals surface area (Å²) in [7, 11) is 0. The van der Waals surface area contributed by atoms with Gasteiger partial charge in [0.2, 0.25) is 0 Å². The van der Waals surface area contributed by atoms with Crippen molar-refractivity contribution in [3.63, 3.8) is 0 Å². The highest BCUT2D eigenvalue weighted by atomic mass is 32.2. The summed E-state index contributed by atoms with van der Waals surface area (Å²) in [6, 6.07) is 0. The van der Waals surface area contributed by atoms with E-state index in [1.807, 2.05) is 6.92 Å². The topological polar surface area (TPSA) is 40.5 Å². The Labute approximate surface area is 99.5 Å². The van der Waals surface area contributed by atoms with Gasteiger partial charge < -0.3 is 5.11 Å². The van der Waals surface area contributed by atoms with Crippen molar-refractivity contribution < 1.29 is 9.90 Å². The lowest BCUT2D eigenvalue weighted by Crippen LogP contribution is -2.28. The molecule has 5 heteroatoms. The summed E-state index contributed by atoms with van der Waals surface area (Å²) in [4.78, 5) is 13.7. The second-order valence-corrected chi connectivity index (χ2v) is 5.10. The standard InChI is InChI=1S/C10H15NO2S2/c1-3-4-5-7(2)8-9(13)11(6-12)10(14)15-8/h12H,3-6H2,1-2H3. The molecule has 0 bridgehead atoms. The summed E-state index contributed by atoms with van der Waals surface area (Å²) in [6.07, 6.45) is 3.11. The SMILES string of the molecule is CCCCC(C)=C1SC(=S)N(CO)C1=O. The van der Waals surface area contributed by atoms with Crippen LogP contribution in [-0.2, 0) is 4.79 Å². The molecule has 0 spiro atoms. The normalized spacial score (nSPS) is 20.1. The Kier molecular flexibility index (Phi) is 4.76. The Morgan fingerprint density at radius 1 is 1.60 bits per heavy atom. The largest absolute Gasteiger partial charge is 0.376 e. The molecule has 1 fully saturated rings. The first-order chi connectivity index (χ1) is 7.11. The van der Waals surface area contributed by atoms with Gasteiger partial charge >= 0.3 is 0 Å². The number of nitrogens with zero attached hydrogens (tertiary/aromatic N) is 1. The van der Waals surface area contributed by atoms with Gasteiger partial charge in [0.05, 0.1) is 4.91 Å². The van der Waals surface area contributed by atoms with Gasteiger partial charge in [-0.1, -0.05) is 42.9 Å². The van der Waals surface area contributed by atoms with Crippen molar-refractivity contribution in [2.75, 3.05) is 6.73 Å². The Morgan fingerprint density at radius 3 is 2.73 bits per heavy atom. The first-order valence-electron chi connectivity index (χ1n) is 4.96. The number of amides is 1. The van der Waals surface area contributed by atoms with Gasteiger partial charge in [0.1, 0.15) is 11.1 Å². The monoisotopic (exact) mass is 245 g/mol. The summed E-state index contributed by atoms with van der Waals surface area (Å²) in [5.41, 5.74) is 1.07. The number of carbonyl (C=O) groups excluding carboxylic acids is 1. The van der Waals surface area contributed by atoms with Crippen LogP contribution < -0.4 is 0 Å². The Balaban J connectivity index is 2.80. The van der Waals surface area contributed by atoms with E-state index in [1.54, 1.807) is 0 Å². The molecule has 1 heterocycles. The maximum atomic E-state index is 11.8. The van der Waals surface area contributed by atoms with Crippen molar-refractivity contribution in [3.8, 4) is 0 Å². The highest BCUT2D eigenvalue weighted by Crippen LogP contribution is 2.34. The molecule has 0 atom stereocenters. The number of aliphatic hydroxyl groups is 1. The van der Waals surface area contributed by atoms with E-state index in [0.717, 1.165) is 24.8 Å². The fourth-order valence-electron chi connectivity index (χ4n) is 1.34. The first-order valence-corrected chi connectivity index (χ1v) is 6.18. The number of aliphatic hydroxyl groups excluding tert-OH is 1. The van der Waals surface area contributed by atoms with E-state index < -0.39 is 0 Å². The van der Waals surface area contributed by atoms with E-state index in [9.17, 15) is 4.79 Å².